The highest BCUT2D eigenvalue weighted by molar-refractivity contribution is 5.99. The van der Waals surface area contributed by atoms with Gasteiger partial charge in [0.15, 0.2) is 0 Å². The van der Waals surface area contributed by atoms with Gasteiger partial charge in [0.25, 0.3) is 5.91 Å². The average Bonchev–Trinajstić information content (AvgIpc) is 3.69. The monoisotopic (exact) mass is 581 g/mol. The fraction of sp³-hybridized carbons (Fsp3) is 0.600. The number of nitrogens with one attached hydrogen (secondary N) is 2. The van der Waals surface area contributed by atoms with Crippen molar-refractivity contribution in [3.8, 4) is 0 Å². The average molecular weight is 582 g/mol. The van der Waals surface area contributed by atoms with E-state index in [0.717, 1.165) is 12.8 Å². The SMILES string of the molecule is CC1NC(=O)C(NC(=O)c2ccccc2)C(C)OC(=O)C2CCCN2C(=O)C2CCCCN2C(=O)C2CCCN2C1=O. The van der Waals surface area contributed by atoms with E-state index in [2.05, 4.69) is 10.6 Å². The van der Waals surface area contributed by atoms with Gasteiger partial charge in [0, 0.05) is 25.2 Å². The van der Waals surface area contributed by atoms with Crippen LogP contribution in [-0.4, -0.2) is 106 Å². The molecule has 0 radical (unpaired) electrons. The standard InChI is InChI=1S/C30H39N5O7/c1-18-27(38)33-16-8-13-22(33)28(39)34-15-7-6-12-21(34)29(40)35-17-9-14-23(35)30(41)42-19(2)24(26(37)31-18)32-25(36)20-10-4-3-5-11-20/h3-5,10-11,18-19,21-24H,6-9,12-17H2,1-2H3,(H,31,37)(H,32,36). The quantitative estimate of drug-likeness (QED) is 0.487. The van der Waals surface area contributed by atoms with Crippen LogP contribution < -0.4 is 10.6 Å². The van der Waals surface area contributed by atoms with E-state index in [4.69, 9.17) is 4.74 Å². The third-order valence-corrected chi connectivity index (χ3v) is 8.81. The molecule has 0 saturated carbocycles. The predicted molar refractivity (Wildman–Crippen MR) is 150 cm³/mol. The van der Waals surface area contributed by atoms with E-state index in [-0.39, 0.29) is 11.8 Å². The number of amides is 5. The largest absolute Gasteiger partial charge is 0.458 e. The van der Waals surface area contributed by atoms with Crippen LogP contribution in [0.5, 0.6) is 0 Å². The lowest BCUT2D eigenvalue weighted by atomic mass is 9.98. The zero-order valence-electron chi connectivity index (χ0n) is 24.1. The minimum atomic E-state index is -1.32. The van der Waals surface area contributed by atoms with Crippen molar-refractivity contribution >= 4 is 35.5 Å². The molecular weight excluding hydrogens is 542 g/mol. The number of carbonyl (C=O) groups is 6. The van der Waals surface area contributed by atoms with Crippen LogP contribution in [0.4, 0.5) is 0 Å². The number of fused-ring (bicyclic) bond motifs is 3. The molecule has 2 N–H and O–H groups in total. The van der Waals surface area contributed by atoms with Crippen molar-refractivity contribution in [2.45, 2.75) is 95.1 Å². The Morgan fingerprint density at radius 2 is 1.31 bits per heavy atom. The maximum Gasteiger partial charge on any atom is 0.329 e. The summed E-state index contributed by atoms with van der Waals surface area (Å²) >= 11 is 0. The molecule has 5 amide bonds. The van der Waals surface area contributed by atoms with Gasteiger partial charge in [-0.25, -0.2) is 4.79 Å². The minimum Gasteiger partial charge on any atom is -0.458 e. The molecule has 12 heteroatoms. The van der Waals surface area contributed by atoms with Gasteiger partial charge in [-0.2, -0.15) is 0 Å². The Hall–Kier alpha value is -3.96. The van der Waals surface area contributed by atoms with E-state index in [1.807, 2.05) is 0 Å². The van der Waals surface area contributed by atoms with E-state index >= 15 is 0 Å². The Balaban J connectivity index is 1.47. The number of carbonyl (C=O) groups excluding carboxylic acids is 6. The second-order valence-electron chi connectivity index (χ2n) is 11.6. The summed E-state index contributed by atoms with van der Waals surface area (Å²) in [5.41, 5.74) is 0.308. The van der Waals surface area contributed by atoms with Gasteiger partial charge in [0.05, 0.1) is 0 Å². The topological polar surface area (TPSA) is 145 Å². The number of hydrogen-bond donors (Lipinski definition) is 2. The predicted octanol–water partition coefficient (Wildman–Crippen LogP) is 0.598. The van der Waals surface area contributed by atoms with Crippen LogP contribution in [0.2, 0.25) is 0 Å². The first-order chi connectivity index (χ1) is 20.2. The van der Waals surface area contributed by atoms with E-state index < -0.39 is 60.0 Å². The van der Waals surface area contributed by atoms with Crippen LogP contribution in [0.3, 0.4) is 0 Å². The number of cyclic esters (lactones) is 1. The van der Waals surface area contributed by atoms with Crippen molar-refractivity contribution in [1.82, 2.24) is 25.3 Å². The lowest BCUT2D eigenvalue weighted by molar-refractivity contribution is -0.162. The maximum absolute atomic E-state index is 13.9. The Morgan fingerprint density at radius 1 is 0.762 bits per heavy atom. The molecule has 0 aromatic heterocycles. The Kier molecular flexibility index (Phi) is 8.79. The van der Waals surface area contributed by atoms with Gasteiger partial charge in [-0.05, 0) is 70.9 Å². The van der Waals surface area contributed by atoms with Gasteiger partial charge in [-0.3, -0.25) is 24.0 Å². The summed E-state index contributed by atoms with van der Waals surface area (Å²) in [6.45, 7) is 4.15. The van der Waals surface area contributed by atoms with Crippen molar-refractivity contribution in [2.24, 2.45) is 0 Å². The highest BCUT2D eigenvalue weighted by Crippen LogP contribution is 2.29. The molecule has 0 bridgehead atoms. The molecule has 5 rings (SSSR count). The Labute approximate surface area is 245 Å². The minimum absolute atomic E-state index is 0.274. The molecule has 12 nitrogen and oxygen atoms in total. The number of hydrogen-bond acceptors (Lipinski definition) is 7. The third kappa shape index (κ3) is 5.84. The molecule has 4 fully saturated rings. The summed E-state index contributed by atoms with van der Waals surface area (Å²) in [5, 5.41) is 5.33. The van der Waals surface area contributed by atoms with Crippen molar-refractivity contribution in [2.75, 3.05) is 19.6 Å². The second-order valence-corrected chi connectivity index (χ2v) is 11.6. The van der Waals surface area contributed by atoms with Crippen LogP contribution in [-0.2, 0) is 28.7 Å². The molecule has 4 heterocycles. The highest BCUT2D eigenvalue weighted by Gasteiger charge is 2.46. The summed E-state index contributed by atoms with van der Waals surface area (Å²) in [7, 11) is 0. The number of esters is 1. The summed E-state index contributed by atoms with van der Waals surface area (Å²) in [6, 6.07) is 3.68. The first-order valence-corrected chi connectivity index (χ1v) is 15.0. The summed E-state index contributed by atoms with van der Waals surface area (Å²) in [6.07, 6.45) is 2.99. The van der Waals surface area contributed by atoms with Gasteiger partial charge in [-0.15, -0.1) is 0 Å². The second kappa shape index (κ2) is 12.5. The number of piperidine rings is 1. The number of ether oxygens (including phenoxy) is 1. The highest BCUT2D eigenvalue weighted by atomic mass is 16.5. The number of benzene rings is 1. The summed E-state index contributed by atoms with van der Waals surface area (Å²) in [4.78, 5) is 85.9. The molecule has 226 valence electrons. The van der Waals surface area contributed by atoms with Crippen LogP contribution in [0.25, 0.3) is 0 Å². The number of nitrogens with zero attached hydrogens (tertiary/aromatic N) is 3. The fourth-order valence-corrected chi connectivity index (χ4v) is 6.55. The van der Waals surface area contributed by atoms with Crippen LogP contribution in [0.15, 0.2) is 30.3 Å². The van der Waals surface area contributed by atoms with Gasteiger partial charge in [0.1, 0.15) is 36.3 Å². The molecule has 42 heavy (non-hydrogen) atoms. The first kappa shape index (κ1) is 29.5. The molecule has 0 aliphatic carbocycles. The van der Waals surface area contributed by atoms with Gasteiger partial charge >= 0.3 is 5.97 Å². The molecule has 1 aromatic carbocycles. The van der Waals surface area contributed by atoms with Gasteiger partial charge in [-0.1, -0.05) is 18.2 Å². The molecule has 6 unspecified atom stereocenters. The van der Waals surface area contributed by atoms with Crippen LogP contribution >= 0.6 is 0 Å². The molecule has 4 aliphatic rings. The number of rotatable bonds is 2. The van der Waals surface area contributed by atoms with Crippen molar-refractivity contribution in [1.29, 1.82) is 0 Å². The zero-order chi connectivity index (χ0) is 30.0. The zero-order valence-corrected chi connectivity index (χ0v) is 24.1. The third-order valence-electron chi connectivity index (χ3n) is 8.81. The fourth-order valence-electron chi connectivity index (χ4n) is 6.55. The molecule has 0 spiro atoms. The van der Waals surface area contributed by atoms with Crippen LogP contribution in [0.1, 0.15) is 69.2 Å². The van der Waals surface area contributed by atoms with Crippen LogP contribution in [0, 0.1) is 0 Å². The van der Waals surface area contributed by atoms with Gasteiger partial charge < -0.3 is 30.1 Å². The van der Waals surface area contributed by atoms with E-state index in [1.165, 1.54) is 23.6 Å². The normalized spacial score (nSPS) is 31.2. The smallest absolute Gasteiger partial charge is 0.329 e. The maximum atomic E-state index is 13.9. The lowest BCUT2D eigenvalue weighted by Gasteiger charge is -2.40. The summed E-state index contributed by atoms with van der Waals surface area (Å²) in [5.74, 6) is -2.92. The first-order valence-electron chi connectivity index (χ1n) is 15.0. The van der Waals surface area contributed by atoms with E-state index in [0.29, 0.717) is 57.3 Å². The van der Waals surface area contributed by atoms with E-state index in [9.17, 15) is 28.8 Å². The molecule has 1 aromatic rings. The van der Waals surface area contributed by atoms with Crippen molar-refractivity contribution in [3.05, 3.63) is 35.9 Å². The lowest BCUT2D eigenvalue weighted by Crippen LogP contribution is -2.61. The molecule has 4 aliphatic heterocycles. The van der Waals surface area contributed by atoms with E-state index in [1.54, 1.807) is 35.2 Å². The van der Waals surface area contributed by atoms with Crippen molar-refractivity contribution < 1.29 is 33.5 Å². The van der Waals surface area contributed by atoms with Gasteiger partial charge in [0.2, 0.25) is 23.6 Å². The molecule has 4 saturated heterocycles. The Bertz CT molecular complexity index is 1240. The Morgan fingerprint density at radius 3 is 1.98 bits per heavy atom. The van der Waals surface area contributed by atoms with Crippen molar-refractivity contribution in [3.63, 3.8) is 0 Å². The summed E-state index contributed by atoms with van der Waals surface area (Å²) < 4.78 is 5.74. The molecular formula is C30H39N5O7. The molecule has 6 atom stereocenters.